The van der Waals surface area contributed by atoms with Gasteiger partial charge in [-0.15, -0.1) is 0 Å². The summed E-state index contributed by atoms with van der Waals surface area (Å²) in [5.74, 6) is 5.83. The van der Waals surface area contributed by atoms with Gasteiger partial charge < -0.3 is 4.74 Å². The van der Waals surface area contributed by atoms with Gasteiger partial charge in [-0.1, -0.05) is 6.42 Å². The van der Waals surface area contributed by atoms with Crippen molar-refractivity contribution in [1.82, 2.24) is 5.43 Å². The Bertz CT molecular complexity index is 183. The summed E-state index contributed by atoms with van der Waals surface area (Å²) < 4.78 is 39.7. The first-order valence-corrected chi connectivity index (χ1v) is 5.13. The van der Waals surface area contributed by atoms with E-state index in [0.717, 1.165) is 12.8 Å². The molecule has 15 heavy (non-hydrogen) atoms. The quantitative estimate of drug-likeness (QED) is 0.411. The molecule has 0 saturated heterocycles. The van der Waals surface area contributed by atoms with Crippen LogP contribution in [-0.4, -0.2) is 25.4 Å². The number of rotatable bonds is 6. The summed E-state index contributed by atoms with van der Waals surface area (Å²) in [6.07, 6.45) is -0.298. The van der Waals surface area contributed by atoms with Gasteiger partial charge in [-0.05, 0) is 25.2 Å². The number of nitrogens with one attached hydrogen (secondary N) is 1. The molecule has 1 unspecified atom stereocenters. The highest BCUT2D eigenvalue weighted by molar-refractivity contribution is 4.81. The molecule has 3 N–H and O–H groups in total. The second kappa shape index (κ2) is 5.67. The predicted octanol–water partition coefficient (Wildman–Crippen LogP) is 1.59. The monoisotopic (exact) mass is 226 g/mol. The molecule has 1 fully saturated rings. The van der Waals surface area contributed by atoms with Gasteiger partial charge >= 0.3 is 6.18 Å². The Morgan fingerprint density at radius 2 is 2.07 bits per heavy atom. The molecule has 1 saturated carbocycles. The van der Waals surface area contributed by atoms with Crippen molar-refractivity contribution in [1.29, 1.82) is 0 Å². The second-order valence-corrected chi connectivity index (χ2v) is 3.92. The summed E-state index contributed by atoms with van der Waals surface area (Å²) >= 11 is 0. The molecule has 0 bridgehead atoms. The minimum Gasteiger partial charge on any atom is -0.372 e. The topological polar surface area (TPSA) is 47.3 Å². The molecule has 0 heterocycles. The molecule has 0 radical (unpaired) electrons. The van der Waals surface area contributed by atoms with E-state index in [1.165, 1.54) is 6.42 Å². The Kier molecular flexibility index (Phi) is 4.82. The fourth-order valence-corrected chi connectivity index (χ4v) is 1.70. The van der Waals surface area contributed by atoms with Crippen LogP contribution in [0.2, 0.25) is 0 Å². The number of halogens is 3. The minimum absolute atomic E-state index is 0.0898. The number of hydrazine groups is 1. The lowest BCUT2D eigenvalue weighted by molar-refractivity contribution is -0.174. The molecule has 0 aromatic heterocycles. The zero-order valence-corrected chi connectivity index (χ0v) is 8.52. The van der Waals surface area contributed by atoms with Gasteiger partial charge in [0, 0.05) is 12.6 Å². The zero-order valence-electron chi connectivity index (χ0n) is 8.52. The van der Waals surface area contributed by atoms with Crippen molar-refractivity contribution >= 4 is 0 Å². The molecule has 0 spiro atoms. The smallest absolute Gasteiger partial charge is 0.372 e. The van der Waals surface area contributed by atoms with E-state index in [0.29, 0.717) is 12.3 Å². The van der Waals surface area contributed by atoms with Crippen LogP contribution in [0.4, 0.5) is 13.2 Å². The Balaban J connectivity index is 2.07. The number of hydrogen-bond acceptors (Lipinski definition) is 3. The summed E-state index contributed by atoms with van der Waals surface area (Å²) in [7, 11) is 0. The van der Waals surface area contributed by atoms with Gasteiger partial charge in [-0.2, -0.15) is 13.2 Å². The van der Waals surface area contributed by atoms with E-state index in [4.69, 9.17) is 5.84 Å². The lowest BCUT2D eigenvalue weighted by atomic mass is 9.79. The van der Waals surface area contributed by atoms with Crippen LogP contribution in [0.3, 0.4) is 0 Å². The van der Waals surface area contributed by atoms with Crippen molar-refractivity contribution < 1.29 is 17.9 Å². The molecule has 0 aromatic carbocycles. The molecule has 1 aliphatic carbocycles. The highest BCUT2D eigenvalue weighted by atomic mass is 19.4. The molecule has 1 aliphatic rings. The molecule has 3 nitrogen and oxygen atoms in total. The van der Waals surface area contributed by atoms with Gasteiger partial charge in [0.1, 0.15) is 6.61 Å². The first-order valence-electron chi connectivity index (χ1n) is 5.13. The van der Waals surface area contributed by atoms with Gasteiger partial charge in [0.25, 0.3) is 0 Å². The summed E-state index contributed by atoms with van der Waals surface area (Å²) in [6.45, 7) is -1.07. The van der Waals surface area contributed by atoms with Crippen LogP contribution in [0, 0.1) is 5.92 Å². The zero-order chi connectivity index (χ0) is 11.3. The van der Waals surface area contributed by atoms with E-state index in [2.05, 4.69) is 10.2 Å². The number of hydrogen-bond donors (Lipinski definition) is 2. The number of ether oxygens (including phenoxy) is 1. The van der Waals surface area contributed by atoms with Crippen molar-refractivity contribution in [3.63, 3.8) is 0 Å². The average Bonchev–Trinajstić information content (AvgIpc) is 2.05. The lowest BCUT2D eigenvalue weighted by Crippen LogP contribution is -2.44. The predicted molar refractivity (Wildman–Crippen MR) is 49.9 cm³/mol. The van der Waals surface area contributed by atoms with Crippen LogP contribution in [-0.2, 0) is 4.74 Å². The Morgan fingerprint density at radius 3 is 2.47 bits per heavy atom. The third kappa shape index (κ3) is 4.81. The number of nitrogens with two attached hydrogens (primary N) is 1. The maximum Gasteiger partial charge on any atom is 0.411 e. The van der Waals surface area contributed by atoms with Gasteiger partial charge in [-0.3, -0.25) is 11.3 Å². The molecule has 1 rings (SSSR count). The SMILES string of the molecule is NNC(CCOCC(F)(F)F)C1CCC1. The molecular weight excluding hydrogens is 209 g/mol. The van der Waals surface area contributed by atoms with Crippen LogP contribution in [0.25, 0.3) is 0 Å². The van der Waals surface area contributed by atoms with Crippen LogP contribution in [0.5, 0.6) is 0 Å². The first kappa shape index (κ1) is 12.7. The third-order valence-electron chi connectivity index (χ3n) is 2.77. The standard InChI is InChI=1S/C9H17F3N2O/c10-9(11,12)6-15-5-4-8(14-13)7-2-1-3-7/h7-8,14H,1-6,13H2. The van der Waals surface area contributed by atoms with Gasteiger partial charge in [0.2, 0.25) is 0 Å². The van der Waals surface area contributed by atoms with Crippen molar-refractivity contribution in [2.24, 2.45) is 11.8 Å². The van der Waals surface area contributed by atoms with E-state index in [1.54, 1.807) is 0 Å². The highest BCUT2D eigenvalue weighted by Crippen LogP contribution is 2.30. The highest BCUT2D eigenvalue weighted by Gasteiger charge is 2.29. The summed E-state index contributed by atoms with van der Waals surface area (Å²) in [4.78, 5) is 0. The normalized spacial score (nSPS) is 20.0. The maximum absolute atomic E-state index is 11.7. The molecule has 90 valence electrons. The van der Waals surface area contributed by atoms with E-state index < -0.39 is 12.8 Å². The van der Waals surface area contributed by atoms with Crippen molar-refractivity contribution in [2.75, 3.05) is 13.2 Å². The third-order valence-corrected chi connectivity index (χ3v) is 2.77. The largest absolute Gasteiger partial charge is 0.411 e. The Hall–Kier alpha value is -0.330. The van der Waals surface area contributed by atoms with Crippen LogP contribution in [0.1, 0.15) is 25.7 Å². The minimum atomic E-state index is -4.23. The number of alkyl halides is 3. The van der Waals surface area contributed by atoms with E-state index in [-0.39, 0.29) is 12.6 Å². The van der Waals surface area contributed by atoms with Crippen molar-refractivity contribution in [2.45, 2.75) is 37.9 Å². The van der Waals surface area contributed by atoms with Crippen molar-refractivity contribution in [3.05, 3.63) is 0 Å². The Labute approximate surface area is 87.1 Å². The van der Waals surface area contributed by atoms with Crippen LogP contribution >= 0.6 is 0 Å². The van der Waals surface area contributed by atoms with E-state index in [1.807, 2.05) is 0 Å². The van der Waals surface area contributed by atoms with Gasteiger partial charge in [0.15, 0.2) is 0 Å². The fourth-order valence-electron chi connectivity index (χ4n) is 1.70. The van der Waals surface area contributed by atoms with Gasteiger partial charge in [-0.25, -0.2) is 0 Å². The lowest BCUT2D eigenvalue weighted by Gasteiger charge is -2.33. The molecule has 6 heteroatoms. The molecule has 0 amide bonds. The van der Waals surface area contributed by atoms with Gasteiger partial charge in [0.05, 0.1) is 0 Å². The van der Waals surface area contributed by atoms with E-state index in [9.17, 15) is 13.2 Å². The fraction of sp³-hybridized carbons (Fsp3) is 1.00. The summed E-state index contributed by atoms with van der Waals surface area (Å²) in [5, 5.41) is 0. The van der Waals surface area contributed by atoms with Crippen molar-refractivity contribution in [3.8, 4) is 0 Å². The summed E-state index contributed by atoms with van der Waals surface area (Å²) in [6, 6.07) is 0.0898. The van der Waals surface area contributed by atoms with E-state index >= 15 is 0 Å². The molecule has 1 atom stereocenters. The molecular formula is C9H17F3N2O. The Morgan fingerprint density at radius 1 is 1.40 bits per heavy atom. The summed E-state index contributed by atoms with van der Waals surface area (Å²) in [5.41, 5.74) is 2.64. The van der Waals surface area contributed by atoms with Crippen LogP contribution < -0.4 is 11.3 Å². The molecule has 0 aliphatic heterocycles. The maximum atomic E-state index is 11.7. The first-order chi connectivity index (χ1) is 7.03. The molecule has 0 aromatic rings. The van der Waals surface area contributed by atoms with Crippen LogP contribution in [0.15, 0.2) is 0 Å². The average molecular weight is 226 g/mol. The second-order valence-electron chi connectivity index (χ2n) is 3.92.